The fraction of sp³-hybridized carbons (Fsp3) is 0.400. The monoisotopic (exact) mass is 326 g/mol. The Hall–Kier alpha value is -1.79. The van der Waals surface area contributed by atoms with Crippen molar-refractivity contribution in [3.05, 3.63) is 41.3 Å². The first kappa shape index (κ1) is 15.1. The van der Waals surface area contributed by atoms with Crippen LogP contribution >= 0.6 is 11.6 Å². The number of ether oxygens (including phenoxy) is 2. The summed E-state index contributed by atoms with van der Waals surface area (Å²) in [5.41, 5.74) is 0. The molecule has 3 rings (SSSR count). The zero-order chi connectivity index (χ0) is 15.5. The van der Waals surface area contributed by atoms with Gasteiger partial charge in [-0.2, -0.15) is 0 Å². The molecule has 1 aliphatic heterocycles. The molecule has 1 N–H and O–H groups in total. The number of hydrogen-bond donors (Lipinski definition) is 1. The molecule has 0 aliphatic carbocycles. The maximum absolute atomic E-state index is 13.7. The molecule has 2 heterocycles. The van der Waals surface area contributed by atoms with E-state index in [4.69, 9.17) is 25.5 Å². The molecule has 0 radical (unpaired) electrons. The quantitative estimate of drug-likeness (QED) is 0.914. The lowest BCUT2D eigenvalue weighted by Crippen LogP contribution is -2.22. The number of nitrogens with one attached hydrogen (secondary N) is 1. The minimum Gasteiger partial charge on any atom is -0.493 e. The minimum absolute atomic E-state index is 0.0144. The highest BCUT2D eigenvalue weighted by Crippen LogP contribution is 2.38. The number of methoxy groups -OCH3 is 1. The predicted octanol–water partition coefficient (Wildman–Crippen LogP) is 3.21. The zero-order valence-electron chi connectivity index (χ0n) is 12.0. The Morgan fingerprint density at radius 3 is 2.95 bits per heavy atom. The molecule has 22 heavy (non-hydrogen) atoms. The van der Waals surface area contributed by atoms with E-state index in [0.717, 1.165) is 19.5 Å². The van der Waals surface area contributed by atoms with Crippen LogP contribution in [0.1, 0.15) is 18.4 Å². The Labute approximate surface area is 132 Å². The first-order chi connectivity index (χ1) is 10.7. The van der Waals surface area contributed by atoms with Crippen LogP contribution in [0.15, 0.2) is 29.0 Å². The van der Waals surface area contributed by atoms with Crippen molar-refractivity contribution in [3.63, 3.8) is 0 Å². The Bertz CT molecular complexity index is 630. The molecule has 1 saturated heterocycles. The maximum atomic E-state index is 13.7. The smallest absolute Gasteiger partial charge is 0.235 e. The number of oxazole rings is 1. The van der Waals surface area contributed by atoms with Crippen LogP contribution in [0.25, 0.3) is 0 Å². The van der Waals surface area contributed by atoms with E-state index in [-0.39, 0.29) is 16.7 Å². The molecule has 7 heteroatoms. The van der Waals surface area contributed by atoms with Crippen molar-refractivity contribution in [1.82, 2.24) is 10.3 Å². The molecule has 1 fully saturated rings. The van der Waals surface area contributed by atoms with Gasteiger partial charge in [0.15, 0.2) is 17.6 Å². The first-order valence-electron chi connectivity index (χ1n) is 6.99. The number of halogens is 2. The van der Waals surface area contributed by atoms with Gasteiger partial charge in [-0.25, -0.2) is 9.37 Å². The van der Waals surface area contributed by atoms with Crippen LogP contribution in [0.3, 0.4) is 0 Å². The van der Waals surface area contributed by atoms with Gasteiger partial charge in [-0.3, -0.25) is 0 Å². The highest BCUT2D eigenvalue weighted by atomic mass is 35.5. The molecule has 2 aromatic rings. The minimum atomic E-state index is -0.562. The van der Waals surface area contributed by atoms with Crippen molar-refractivity contribution in [1.29, 1.82) is 0 Å². The average Bonchev–Trinajstić information content (AvgIpc) is 3.21. The lowest BCUT2D eigenvalue weighted by Gasteiger charge is -2.22. The molecule has 1 aromatic heterocycles. The summed E-state index contributed by atoms with van der Waals surface area (Å²) in [6.45, 7) is 1.68. The van der Waals surface area contributed by atoms with E-state index in [1.165, 1.54) is 25.5 Å². The topological polar surface area (TPSA) is 56.5 Å². The third kappa shape index (κ3) is 3.03. The van der Waals surface area contributed by atoms with Gasteiger partial charge < -0.3 is 19.2 Å². The van der Waals surface area contributed by atoms with Gasteiger partial charge in [0.05, 0.1) is 18.3 Å². The van der Waals surface area contributed by atoms with Crippen molar-refractivity contribution >= 4 is 11.6 Å². The van der Waals surface area contributed by atoms with Gasteiger partial charge in [0.2, 0.25) is 5.89 Å². The Balaban J connectivity index is 1.92. The highest BCUT2D eigenvalue weighted by Gasteiger charge is 2.32. The highest BCUT2D eigenvalue weighted by molar-refractivity contribution is 6.30. The van der Waals surface area contributed by atoms with E-state index in [9.17, 15) is 4.39 Å². The van der Waals surface area contributed by atoms with Gasteiger partial charge in [-0.1, -0.05) is 11.6 Å². The summed E-state index contributed by atoms with van der Waals surface area (Å²) in [6, 6.07) is 2.62. The predicted molar refractivity (Wildman–Crippen MR) is 78.8 cm³/mol. The molecule has 118 valence electrons. The van der Waals surface area contributed by atoms with Gasteiger partial charge >= 0.3 is 0 Å². The van der Waals surface area contributed by atoms with E-state index in [1.54, 1.807) is 6.20 Å². The molecule has 2 atom stereocenters. The number of benzene rings is 1. The van der Waals surface area contributed by atoms with Gasteiger partial charge in [0, 0.05) is 24.6 Å². The summed E-state index contributed by atoms with van der Waals surface area (Å²) in [4.78, 5) is 4.17. The molecule has 1 aliphatic rings. The Morgan fingerprint density at radius 2 is 2.32 bits per heavy atom. The molecule has 0 amide bonds. The molecule has 0 bridgehead atoms. The Kier molecular flexibility index (Phi) is 4.49. The summed E-state index contributed by atoms with van der Waals surface area (Å²) in [7, 11) is 1.48. The van der Waals surface area contributed by atoms with Crippen LogP contribution in [0.4, 0.5) is 4.39 Å². The van der Waals surface area contributed by atoms with E-state index in [2.05, 4.69) is 10.3 Å². The lowest BCUT2D eigenvalue weighted by atomic mass is 10.0. The van der Waals surface area contributed by atoms with Gasteiger partial charge in [0.25, 0.3) is 0 Å². The number of nitrogens with zero attached hydrogens (tertiary/aromatic N) is 1. The SMILES string of the molecule is COc1cc(Cl)c(F)cc1O[C@H](c1ncco1)C1CCNC1. The summed E-state index contributed by atoms with van der Waals surface area (Å²) in [5, 5.41) is 3.26. The first-order valence-corrected chi connectivity index (χ1v) is 7.36. The van der Waals surface area contributed by atoms with Crippen LogP contribution in [0.2, 0.25) is 5.02 Å². The molecule has 5 nitrogen and oxygen atoms in total. The van der Waals surface area contributed by atoms with Crippen molar-refractivity contribution in [3.8, 4) is 11.5 Å². The van der Waals surface area contributed by atoms with Crippen molar-refractivity contribution in [2.45, 2.75) is 12.5 Å². The standard InChI is InChI=1S/C15H16ClFN2O3/c1-20-12-6-10(16)11(17)7-13(12)22-14(9-2-3-18-8-9)15-19-4-5-21-15/h4-7,9,14,18H,2-3,8H2,1H3/t9?,14-/m0/s1. The van der Waals surface area contributed by atoms with Crippen molar-refractivity contribution in [2.75, 3.05) is 20.2 Å². The molecule has 1 aromatic carbocycles. The maximum Gasteiger partial charge on any atom is 0.235 e. The van der Waals surface area contributed by atoms with Crippen LogP contribution in [-0.2, 0) is 0 Å². The fourth-order valence-electron chi connectivity index (χ4n) is 2.56. The number of hydrogen-bond acceptors (Lipinski definition) is 5. The van der Waals surface area contributed by atoms with Crippen LogP contribution < -0.4 is 14.8 Å². The molecular weight excluding hydrogens is 311 g/mol. The summed E-state index contributed by atoms with van der Waals surface area (Å²) in [5.74, 6) is 0.731. The second-order valence-electron chi connectivity index (χ2n) is 5.08. The molecular formula is C15H16ClFN2O3. The average molecular weight is 327 g/mol. The van der Waals surface area contributed by atoms with Gasteiger partial charge in [-0.15, -0.1) is 0 Å². The number of aromatic nitrogens is 1. The largest absolute Gasteiger partial charge is 0.493 e. The van der Waals surface area contributed by atoms with E-state index in [0.29, 0.717) is 11.6 Å². The summed E-state index contributed by atoms with van der Waals surface area (Å²) >= 11 is 5.78. The van der Waals surface area contributed by atoms with Crippen LogP contribution in [0, 0.1) is 11.7 Å². The Morgan fingerprint density at radius 1 is 1.45 bits per heavy atom. The lowest BCUT2D eigenvalue weighted by molar-refractivity contribution is 0.110. The fourth-order valence-corrected chi connectivity index (χ4v) is 2.71. The molecule has 1 unspecified atom stereocenters. The normalized spacial score (nSPS) is 19.1. The van der Waals surface area contributed by atoms with Gasteiger partial charge in [-0.05, 0) is 13.0 Å². The third-order valence-corrected chi connectivity index (χ3v) is 3.97. The second kappa shape index (κ2) is 6.54. The van der Waals surface area contributed by atoms with Crippen LogP contribution in [-0.4, -0.2) is 25.2 Å². The van der Waals surface area contributed by atoms with E-state index >= 15 is 0 Å². The van der Waals surface area contributed by atoms with Crippen molar-refractivity contribution in [2.24, 2.45) is 5.92 Å². The second-order valence-corrected chi connectivity index (χ2v) is 5.49. The van der Waals surface area contributed by atoms with Crippen molar-refractivity contribution < 1.29 is 18.3 Å². The number of rotatable bonds is 5. The van der Waals surface area contributed by atoms with Gasteiger partial charge in [0.1, 0.15) is 12.1 Å². The third-order valence-electron chi connectivity index (χ3n) is 3.68. The zero-order valence-corrected chi connectivity index (χ0v) is 12.8. The summed E-state index contributed by atoms with van der Waals surface area (Å²) < 4.78 is 30.3. The van der Waals surface area contributed by atoms with E-state index < -0.39 is 11.9 Å². The molecule has 0 spiro atoms. The molecule has 0 saturated carbocycles. The van der Waals surface area contributed by atoms with E-state index in [1.807, 2.05) is 0 Å². The van der Waals surface area contributed by atoms with Crippen LogP contribution in [0.5, 0.6) is 11.5 Å². The summed E-state index contributed by atoms with van der Waals surface area (Å²) in [6.07, 6.45) is 3.56.